The Hall–Kier alpha value is -1.15. The van der Waals surface area contributed by atoms with Gasteiger partial charge in [-0.15, -0.1) is 0 Å². The average Bonchev–Trinajstić information content (AvgIpc) is 2.48. The van der Waals surface area contributed by atoms with Crippen molar-refractivity contribution in [2.24, 2.45) is 0 Å². The van der Waals surface area contributed by atoms with Gasteiger partial charge in [-0.2, -0.15) is 4.31 Å². The van der Waals surface area contributed by atoms with Crippen LogP contribution < -0.4 is 10.1 Å². The van der Waals surface area contributed by atoms with Crippen molar-refractivity contribution in [3.8, 4) is 5.75 Å². The monoisotopic (exact) mass is 316 g/mol. The number of ether oxygens (including phenoxy) is 2. The largest absolute Gasteiger partial charge is 0.492 e. The van der Waals surface area contributed by atoms with Crippen molar-refractivity contribution in [1.29, 1.82) is 0 Å². The molecule has 21 heavy (non-hydrogen) atoms. The lowest BCUT2D eigenvalue weighted by Gasteiger charge is -2.20. The molecule has 0 spiro atoms. The number of sulfonamides is 1. The molecule has 0 aliphatic heterocycles. The van der Waals surface area contributed by atoms with Gasteiger partial charge in [-0.3, -0.25) is 0 Å². The minimum absolute atomic E-state index is 0.265. The first-order valence-electron chi connectivity index (χ1n) is 6.92. The van der Waals surface area contributed by atoms with Crippen molar-refractivity contribution in [2.45, 2.75) is 11.8 Å². The second-order valence-corrected chi connectivity index (χ2v) is 6.35. The van der Waals surface area contributed by atoms with Crippen molar-refractivity contribution in [2.75, 3.05) is 47.0 Å². The van der Waals surface area contributed by atoms with E-state index in [1.54, 1.807) is 31.4 Å². The third-order valence-electron chi connectivity index (χ3n) is 2.98. The van der Waals surface area contributed by atoms with Crippen LogP contribution in [0.1, 0.15) is 6.92 Å². The fourth-order valence-corrected chi connectivity index (χ4v) is 3.20. The van der Waals surface area contributed by atoms with Gasteiger partial charge in [0.25, 0.3) is 0 Å². The Labute approximate surface area is 127 Å². The Morgan fingerprint density at radius 3 is 2.38 bits per heavy atom. The molecule has 0 saturated heterocycles. The van der Waals surface area contributed by atoms with Gasteiger partial charge >= 0.3 is 0 Å². The highest BCUT2D eigenvalue weighted by Crippen LogP contribution is 2.19. The van der Waals surface area contributed by atoms with E-state index in [1.165, 1.54) is 4.31 Å². The molecule has 7 heteroatoms. The summed E-state index contributed by atoms with van der Waals surface area (Å²) in [6, 6.07) is 6.48. The lowest BCUT2D eigenvalue weighted by molar-refractivity contribution is 0.180. The molecule has 1 rings (SSSR count). The van der Waals surface area contributed by atoms with Gasteiger partial charge in [-0.25, -0.2) is 8.42 Å². The number of benzene rings is 1. The number of rotatable bonds is 10. The molecule has 0 radical (unpaired) electrons. The predicted octanol–water partition coefficient (Wildman–Crippen LogP) is 0.942. The summed E-state index contributed by atoms with van der Waals surface area (Å²) in [6.45, 7) is 4.21. The predicted molar refractivity (Wildman–Crippen MR) is 82.2 cm³/mol. The highest BCUT2D eigenvalue weighted by Gasteiger charge is 2.22. The summed E-state index contributed by atoms with van der Waals surface area (Å²) in [5, 5.41) is 2.98. The van der Waals surface area contributed by atoms with Crippen LogP contribution >= 0.6 is 0 Å². The maximum atomic E-state index is 12.5. The van der Waals surface area contributed by atoms with Crippen molar-refractivity contribution < 1.29 is 17.9 Å². The van der Waals surface area contributed by atoms with E-state index in [0.29, 0.717) is 32.1 Å². The molecule has 0 aromatic heterocycles. The van der Waals surface area contributed by atoms with Crippen LogP contribution in [0.15, 0.2) is 29.2 Å². The quantitative estimate of drug-likeness (QED) is 0.651. The van der Waals surface area contributed by atoms with Gasteiger partial charge in [0, 0.05) is 26.7 Å². The highest BCUT2D eigenvalue weighted by atomic mass is 32.2. The molecule has 0 fully saturated rings. The summed E-state index contributed by atoms with van der Waals surface area (Å²) in [6.07, 6.45) is 0. The van der Waals surface area contributed by atoms with Gasteiger partial charge < -0.3 is 14.8 Å². The lowest BCUT2D eigenvalue weighted by Crippen LogP contribution is -2.33. The first-order chi connectivity index (χ1) is 10.1. The summed E-state index contributed by atoms with van der Waals surface area (Å²) >= 11 is 0. The smallest absolute Gasteiger partial charge is 0.243 e. The molecule has 0 aliphatic rings. The number of nitrogens with one attached hydrogen (secondary N) is 1. The van der Waals surface area contributed by atoms with E-state index in [1.807, 2.05) is 14.0 Å². The number of likely N-dealkylation sites (N-methyl/N-ethyl adjacent to an activating group) is 2. The van der Waals surface area contributed by atoms with Crippen LogP contribution in [-0.4, -0.2) is 59.7 Å². The van der Waals surface area contributed by atoms with Crippen LogP contribution in [0, 0.1) is 0 Å². The molecule has 0 amide bonds. The molecule has 1 aromatic carbocycles. The number of hydrogen-bond donors (Lipinski definition) is 1. The Kier molecular flexibility index (Phi) is 7.66. The van der Waals surface area contributed by atoms with E-state index < -0.39 is 10.0 Å². The fourth-order valence-electron chi connectivity index (χ4n) is 1.77. The minimum Gasteiger partial charge on any atom is -0.492 e. The van der Waals surface area contributed by atoms with E-state index >= 15 is 0 Å². The molecule has 0 unspecified atom stereocenters. The first-order valence-corrected chi connectivity index (χ1v) is 8.36. The third-order valence-corrected chi connectivity index (χ3v) is 4.97. The zero-order valence-electron chi connectivity index (χ0n) is 12.8. The van der Waals surface area contributed by atoms with Gasteiger partial charge in [0.15, 0.2) is 0 Å². The van der Waals surface area contributed by atoms with Crippen LogP contribution in [0.25, 0.3) is 0 Å². The normalized spacial score (nSPS) is 11.8. The van der Waals surface area contributed by atoms with Crippen molar-refractivity contribution >= 4 is 10.0 Å². The van der Waals surface area contributed by atoms with E-state index in [9.17, 15) is 8.42 Å². The fraction of sp³-hybridized carbons (Fsp3) is 0.571. The van der Waals surface area contributed by atoms with Crippen molar-refractivity contribution in [1.82, 2.24) is 9.62 Å². The molecule has 0 heterocycles. The van der Waals surface area contributed by atoms with Crippen LogP contribution in [-0.2, 0) is 14.8 Å². The molecule has 1 aromatic rings. The van der Waals surface area contributed by atoms with E-state index in [-0.39, 0.29) is 4.90 Å². The molecule has 120 valence electrons. The summed E-state index contributed by atoms with van der Waals surface area (Å²) in [4.78, 5) is 0.265. The standard InChI is InChI=1S/C14H24N2O4S/c1-4-16(10-12-19-3)21(17,18)14-7-5-13(6-8-14)20-11-9-15-2/h5-8,15H,4,9-12H2,1-3H3. The Morgan fingerprint density at radius 2 is 1.86 bits per heavy atom. The molecular weight excluding hydrogens is 292 g/mol. The van der Waals surface area contributed by atoms with Crippen LogP contribution in [0.3, 0.4) is 0 Å². The van der Waals surface area contributed by atoms with Crippen molar-refractivity contribution in [3.63, 3.8) is 0 Å². The van der Waals surface area contributed by atoms with Gasteiger partial charge in [0.2, 0.25) is 10.0 Å². The number of nitrogens with zero attached hydrogens (tertiary/aromatic N) is 1. The molecule has 0 atom stereocenters. The minimum atomic E-state index is -3.48. The van der Waals surface area contributed by atoms with Gasteiger partial charge in [0.1, 0.15) is 12.4 Å². The van der Waals surface area contributed by atoms with E-state index in [2.05, 4.69) is 5.32 Å². The van der Waals surface area contributed by atoms with Crippen LogP contribution in [0.2, 0.25) is 0 Å². The Bertz CT molecular complexity index is 502. The zero-order valence-corrected chi connectivity index (χ0v) is 13.6. The molecule has 0 bridgehead atoms. The van der Waals surface area contributed by atoms with Gasteiger partial charge in [0.05, 0.1) is 11.5 Å². The van der Waals surface area contributed by atoms with Crippen molar-refractivity contribution in [3.05, 3.63) is 24.3 Å². The molecule has 1 N–H and O–H groups in total. The molecule has 6 nitrogen and oxygen atoms in total. The third kappa shape index (κ3) is 5.28. The van der Waals surface area contributed by atoms with Crippen LogP contribution in [0.4, 0.5) is 0 Å². The highest BCUT2D eigenvalue weighted by molar-refractivity contribution is 7.89. The lowest BCUT2D eigenvalue weighted by atomic mass is 10.3. The molecule has 0 aliphatic carbocycles. The average molecular weight is 316 g/mol. The topological polar surface area (TPSA) is 67.9 Å². The van der Waals surface area contributed by atoms with Gasteiger partial charge in [-0.1, -0.05) is 6.92 Å². The first kappa shape index (κ1) is 17.9. The SMILES string of the molecule is CCN(CCOC)S(=O)(=O)c1ccc(OCCNC)cc1. The zero-order chi connectivity index (χ0) is 15.7. The summed E-state index contributed by atoms with van der Waals surface area (Å²) in [5.41, 5.74) is 0. The van der Waals surface area contributed by atoms with E-state index in [0.717, 1.165) is 6.54 Å². The Morgan fingerprint density at radius 1 is 1.19 bits per heavy atom. The summed E-state index contributed by atoms with van der Waals surface area (Å²) in [5.74, 6) is 0.657. The number of hydrogen-bond acceptors (Lipinski definition) is 5. The number of methoxy groups -OCH3 is 1. The summed E-state index contributed by atoms with van der Waals surface area (Å²) < 4.78 is 36.7. The van der Waals surface area contributed by atoms with Gasteiger partial charge in [-0.05, 0) is 31.3 Å². The Balaban J connectivity index is 2.78. The molecule has 0 saturated carbocycles. The maximum Gasteiger partial charge on any atom is 0.243 e. The summed E-state index contributed by atoms with van der Waals surface area (Å²) in [7, 11) is -0.0809. The second-order valence-electron chi connectivity index (χ2n) is 4.41. The second kappa shape index (κ2) is 8.99. The maximum absolute atomic E-state index is 12.5. The molecular formula is C14H24N2O4S. The van der Waals surface area contributed by atoms with Crippen LogP contribution in [0.5, 0.6) is 5.75 Å². The van der Waals surface area contributed by atoms with E-state index in [4.69, 9.17) is 9.47 Å².